The zero-order valence-corrected chi connectivity index (χ0v) is 18.3. The van der Waals surface area contributed by atoms with Crippen LogP contribution >= 0.6 is 0 Å². The molecule has 0 saturated carbocycles. The molecule has 3 aromatic rings. The molecule has 0 fully saturated rings. The van der Waals surface area contributed by atoms with Crippen LogP contribution in [0.2, 0.25) is 0 Å². The monoisotopic (exact) mass is 472 g/mol. The summed E-state index contributed by atoms with van der Waals surface area (Å²) in [6.07, 6.45) is -1.27. The second-order valence-corrected chi connectivity index (χ2v) is 8.38. The minimum Gasteiger partial charge on any atom is -0.491 e. The predicted molar refractivity (Wildman–Crippen MR) is 115 cm³/mol. The molecule has 0 saturated heterocycles. The molecular weight excluding hydrogens is 449 g/mol. The molecule has 5 rings (SSSR count). The molecule has 1 aromatic carbocycles. The molecule has 34 heavy (non-hydrogen) atoms. The molecule has 7 nitrogen and oxygen atoms in total. The van der Waals surface area contributed by atoms with Crippen molar-refractivity contribution in [3.63, 3.8) is 0 Å². The maximum absolute atomic E-state index is 13.2. The molecule has 178 valence electrons. The summed E-state index contributed by atoms with van der Waals surface area (Å²) >= 11 is 0. The van der Waals surface area contributed by atoms with E-state index in [4.69, 9.17) is 9.47 Å². The van der Waals surface area contributed by atoms with Crippen molar-refractivity contribution in [2.45, 2.75) is 44.6 Å². The van der Waals surface area contributed by atoms with Crippen LogP contribution in [0.15, 0.2) is 42.6 Å². The molecule has 0 aliphatic carbocycles. The van der Waals surface area contributed by atoms with E-state index in [1.807, 2.05) is 18.2 Å². The molecular formula is C24H23F3N4O3. The molecule has 0 bridgehead atoms. The number of nitrogens with one attached hydrogen (secondary N) is 1. The number of carbonyl (C=O) groups is 1. The number of aromatic nitrogens is 3. The summed E-state index contributed by atoms with van der Waals surface area (Å²) in [5, 5.41) is 7.44. The number of carbonyl (C=O) groups excluding carboxylic acids is 1. The first-order chi connectivity index (χ1) is 16.4. The Morgan fingerprint density at radius 1 is 1.21 bits per heavy atom. The number of aryl methyl sites for hydroxylation is 1. The molecule has 2 aliphatic heterocycles. The van der Waals surface area contributed by atoms with E-state index >= 15 is 0 Å². The Balaban J connectivity index is 1.34. The third-order valence-corrected chi connectivity index (χ3v) is 6.05. The van der Waals surface area contributed by atoms with E-state index in [-0.39, 0.29) is 18.9 Å². The van der Waals surface area contributed by atoms with E-state index in [0.29, 0.717) is 49.6 Å². The van der Waals surface area contributed by atoms with Crippen LogP contribution in [0.25, 0.3) is 0 Å². The standard InChI is InChI=1S/C24H23F3N4O3/c25-24(26,27)16-4-7-21-15(11-16)12-18(13-34-21)29-23(32)22-19(6-5-17-3-1-2-8-28-17)20-14-33-10-9-31(20)30-22/h1-4,7-8,11,18H,5-6,9-10,12-14H2,(H,29,32)/t18-/m1/s1. The number of amides is 1. The summed E-state index contributed by atoms with van der Waals surface area (Å²) in [6.45, 7) is 1.62. The van der Waals surface area contributed by atoms with Gasteiger partial charge in [-0.15, -0.1) is 0 Å². The minimum absolute atomic E-state index is 0.171. The average molecular weight is 472 g/mol. The molecule has 0 unspecified atom stereocenters. The first-order valence-electron chi connectivity index (χ1n) is 11.1. The summed E-state index contributed by atoms with van der Waals surface area (Å²) in [5.41, 5.74) is 2.57. The molecule has 1 atom stereocenters. The molecule has 1 N–H and O–H groups in total. The van der Waals surface area contributed by atoms with Crippen molar-refractivity contribution >= 4 is 5.91 Å². The summed E-state index contributed by atoms with van der Waals surface area (Å²) in [5.74, 6) is 0.0334. The molecule has 0 spiro atoms. The van der Waals surface area contributed by atoms with Gasteiger partial charge in [-0.1, -0.05) is 6.07 Å². The Labute approximate surface area is 193 Å². The molecule has 1 amide bonds. The van der Waals surface area contributed by atoms with Crippen LogP contribution in [0.5, 0.6) is 5.75 Å². The van der Waals surface area contributed by atoms with Gasteiger partial charge in [0.05, 0.1) is 37.1 Å². The fourth-order valence-electron chi connectivity index (χ4n) is 4.36. The highest BCUT2D eigenvalue weighted by molar-refractivity contribution is 5.94. The van der Waals surface area contributed by atoms with E-state index in [1.165, 1.54) is 6.07 Å². The average Bonchev–Trinajstić information content (AvgIpc) is 3.21. The van der Waals surface area contributed by atoms with Crippen LogP contribution < -0.4 is 10.1 Å². The Hall–Kier alpha value is -3.40. The van der Waals surface area contributed by atoms with E-state index in [1.54, 1.807) is 10.9 Å². The normalized spacial score (nSPS) is 17.4. The van der Waals surface area contributed by atoms with Crippen LogP contribution in [0.3, 0.4) is 0 Å². The lowest BCUT2D eigenvalue weighted by Crippen LogP contribution is -2.43. The van der Waals surface area contributed by atoms with Gasteiger partial charge in [-0.25, -0.2) is 0 Å². The Kier molecular flexibility index (Phi) is 5.99. The van der Waals surface area contributed by atoms with Gasteiger partial charge in [0.15, 0.2) is 5.69 Å². The Bertz CT molecular complexity index is 1190. The smallest absolute Gasteiger partial charge is 0.416 e. The number of ether oxygens (including phenoxy) is 2. The van der Waals surface area contributed by atoms with Crippen LogP contribution in [-0.2, 0) is 43.3 Å². The quantitative estimate of drug-likeness (QED) is 0.616. The number of hydrogen-bond donors (Lipinski definition) is 1. The van der Waals surface area contributed by atoms with Gasteiger partial charge in [-0.2, -0.15) is 18.3 Å². The van der Waals surface area contributed by atoms with Crippen molar-refractivity contribution in [2.24, 2.45) is 0 Å². The van der Waals surface area contributed by atoms with Gasteiger partial charge in [-0.3, -0.25) is 14.5 Å². The number of benzene rings is 1. The third-order valence-electron chi connectivity index (χ3n) is 6.05. The second kappa shape index (κ2) is 9.09. The van der Waals surface area contributed by atoms with Crippen molar-refractivity contribution < 1.29 is 27.4 Å². The summed E-state index contributed by atoms with van der Waals surface area (Å²) in [4.78, 5) is 17.6. The minimum atomic E-state index is -4.44. The number of fused-ring (bicyclic) bond motifs is 2. The lowest BCUT2D eigenvalue weighted by Gasteiger charge is -2.26. The predicted octanol–water partition coefficient (Wildman–Crippen LogP) is 3.35. The van der Waals surface area contributed by atoms with Gasteiger partial charge < -0.3 is 14.8 Å². The number of halogens is 3. The fraction of sp³-hybridized carbons (Fsp3) is 0.375. The van der Waals surface area contributed by atoms with E-state index < -0.39 is 17.8 Å². The zero-order valence-electron chi connectivity index (χ0n) is 18.3. The highest BCUT2D eigenvalue weighted by Gasteiger charge is 2.33. The SMILES string of the molecule is O=C(N[C@H]1COc2ccc(C(F)(F)F)cc2C1)c1nn2c(c1CCc1ccccn1)COCC2. The maximum Gasteiger partial charge on any atom is 0.416 e. The van der Waals surface area contributed by atoms with Crippen molar-refractivity contribution in [1.29, 1.82) is 0 Å². The van der Waals surface area contributed by atoms with Gasteiger partial charge in [0.1, 0.15) is 12.4 Å². The Morgan fingerprint density at radius 2 is 2.09 bits per heavy atom. The zero-order chi connectivity index (χ0) is 23.7. The van der Waals surface area contributed by atoms with Crippen LogP contribution in [0, 0.1) is 0 Å². The van der Waals surface area contributed by atoms with Crippen molar-refractivity contribution in [1.82, 2.24) is 20.1 Å². The van der Waals surface area contributed by atoms with Crippen molar-refractivity contribution in [3.8, 4) is 5.75 Å². The number of hydrogen-bond acceptors (Lipinski definition) is 5. The number of alkyl halides is 3. The molecule has 0 radical (unpaired) electrons. The number of nitrogens with zero attached hydrogens (tertiary/aromatic N) is 3. The van der Waals surface area contributed by atoms with Crippen molar-refractivity contribution in [3.05, 3.63) is 76.4 Å². The summed E-state index contributed by atoms with van der Waals surface area (Å²) in [6, 6.07) is 8.63. The topological polar surface area (TPSA) is 78.3 Å². The number of pyridine rings is 1. The number of rotatable bonds is 5. The van der Waals surface area contributed by atoms with E-state index in [0.717, 1.165) is 29.1 Å². The first-order valence-corrected chi connectivity index (χ1v) is 11.1. The van der Waals surface area contributed by atoms with Gasteiger partial charge in [-0.05, 0) is 55.2 Å². The summed E-state index contributed by atoms with van der Waals surface area (Å²) in [7, 11) is 0. The molecule has 4 heterocycles. The van der Waals surface area contributed by atoms with E-state index in [9.17, 15) is 18.0 Å². The van der Waals surface area contributed by atoms with Gasteiger partial charge >= 0.3 is 6.18 Å². The molecule has 2 aromatic heterocycles. The fourth-order valence-corrected chi connectivity index (χ4v) is 4.36. The molecule has 2 aliphatic rings. The highest BCUT2D eigenvalue weighted by atomic mass is 19.4. The van der Waals surface area contributed by atoms with E-state index in [2.05, 4.69) is 15.4 Å². The van der Waals surface area contributed by atoms with Crippen LogP contribution in [0.1, 0.15) is 38.6 Å². The largest absolute Gasteiger partial charge is 0.491 e. The molecule has 10 heteroatoms. The highest BCUT2D eigenvalue weighted by Crippen LogP contribution is 2.34. The van der Waals surface area contributed by atoms with Gasteiger partial charge in [0, 0.05) is 17.5 Å². The van der Waals surface area contributed by atoms with Crippen LogP contribution in [-0.4, -0.2) is 39.9 Å². The third kappa shape index (κ3) is 4.63. The first kappa shape index (κ1) is 22.4. The lowest BCUT2D eigenvalue weighted by molar-refractivity contribution is -0.137. The Morgan fingerprint density at radius 3 is 2.88 bits per heavy atom. The second-order valence-electron chi connectivity index (χ2n) is 8.38. The van der Waals surface area contributed by atoms with Gasteiger partial charge in [0.2, 0.25) is 0 Å². The summed E-state index contributed by atoms with van der Waals surface area (Å²) < 4.78 is 52.3. The maximum atomic E-state index is 13.2. The van der Waals surface area contributed by atoms with Gasteiger partial charge in [0.25, 0.3) is 5.91 Å². The lowest BCUT2D eigenvalue weighted by atomic mass is 9.99. The van der Waals surface area contributed by atoms with Crippen molar-refractivity contribution in [2.75, 3.05) is 13.2 Å². The van der Waals surface area contributed by atoms with Crippen LogP contribution in [0.4, 0.5) is 13.2 Å².